The van der Waals surface area contributed by atoms with Crippen LogP contribution in [-0.4, -0.2) is 10.1 Å². The van der Waals surface area contributed by atoms with Gasteiger partial charge in [-0.15, -0.1) is 0 Å². The summed E-state index contributed by atoms with van der Waals surface area (Å²) in [4.78, 5) is 4.28. The molecule has 0 bridgehead atoms. The molecule has 0 radical (unpaired) electrons. The molecule has 0 amide bonds. The minimum atomic E-state index is -0.334. The molecule has 2 rings (SSSR count). The Morgan fingerprint density at radius 2 is 2.00 bits per heavy atom. The quantitative estimate of drug-likeness (QED) is 0.903. The Hall–Kier alpha value is -1.75. The standard InChI is InChI=1S/C14H18FN3O/c1-8-5-6-9(15)7-10(8)13-17-12(18-19-13)11(16)14(2,3)4/h5-7,11H,16H2,1-4H3. The Balaban J connectivity index is 2.39. The fourth-order valence-corrected chi connectivity index (χ4v) is 1.68. The Morgan fingerprint density at radius 1 is 1.32 bits per heavy atom. The molecule has 1 heterocycles. The lowest BCUT2D eigenvalue weighted by atomic mass is 9.87. The second kappa shape index (κ2) is 4.74. The van der Waals surface area contributed by atoms with Gasteiger partial charge in [-0.2, -0.15) is 4.98 Å². The van der Waals surface area contributed by atoms with Crippen LogP contribution in [0.3, 0.4) is 0 Å². The van der Waals surface area contributed by atoms with Gasteiger partial charge in [-0.05, 0) is 30.0 Å². The number of halogens is 1. The van der Waals surface area contributed by atoms with Crippen molar-refractivity contribution < 1.29 is 8.91 Å². The van der Waals surface area contributed by atoms with Crippen LogP contribution >= 0.6 is 0 Å². The lowest BCUT2D eigenvalue weighted by molar-refractivity contribution is 0.303. The average Bonchev–Trinajstić information content (AvgIpc) is 2.79. The van der Waals surface area contributed by atoms with Crippen molar-refractivity contribution in [2.45, 2.75) is 33.7 Å². The molecule has 1 aromatic carbocycles. The van der Waals surface area contributed by atoms with Crippen LogP contribution < -0.4 is 5.73 Å². The Labute approximate surface area is 111 Å². The molecule has 2 aromatic rings. The van der Waals surface area contributed by atoms with Gasteiger partial charge in [0, 0.05) is 5.56 Å². The number of aromatic nitrogens is 2. The highest BCUT2D eigenvalue weighted by Gasteiger charge is 2.27. The molecule has 4 nitrogen and oxygen atoms in total. The monoisotopic (exact) mass is 263 g/mol. The summed E-state index contributed by atoms with van der Waals surface area (Å²) in [5.41, 5.74) is 7.38. The van der Waals surface area contributed by atoms with Crippen molar-refractivity contribution in [3.63, 3.8) is 0 Å². The van der Waals surface area contributed by atoms with E-state index in [-0.39, 0.29) is 17.3 Å². The van der Waals surface area contributed by atoms with E-state index in [2.05, 4.69) is 10.1 Å². The van der Waals surface area contributed by atoms with Gasteiger partial charge in [0.25, 0.3) is 5.89 Å². The van der Waals surface area contributed by atoms with E-state index in [1.165, 1.54) is 12.1 Å². The predicted molar refractivity (Wildman–Crippen MR) is 70.8 cm³/mol. The maximum Gasteiger partial charge on any atom is 0.258 e. The number of rotatable bonds is 2. The normalized spacial score (nSPS) is 13.6. The van der Waals surface area contributed by atoms with Gasteiger partial charge in [-0.25, -0.2) is 4.39 Å². The molecular formula is C14H18FN3O. The summed E-state index contributed by atoms with van der Waals surface area (Å²) >= 11 is 0. The molecule has 1 unspecified atom stereocenters. The number of nitrogens with two attached hydrogens (primary N) is 1. The van der Waals surface area contributed by atoms with Gasteiger partial charge in [0.1, 0.15) is 5.82 Å². The summed E-state index contributed by atoms with van der Waals surface area (Å²) in [6.45, 7) is 7.87. The van der Waals surface area contributed by atoms with Crippen LogP contribution in [0.4, 0.5) is 4.39 Å². The molecule has 19 heavy (non-hydrogen) atoms. The molecule has 0 saturated heterocycles. The first-order valence-electron chi connectivity index (χ1n) is 6.15. The molecule has 0 aliphatic rings. The number of aryl methyl sites for hydroxylation is 1. The van der Waals surface area contributed by atoms with Gasteiger partial charge in [0.2, 0.25) is 0 Å². The van der Waals surface area contributed by atoms with Crippen molar-refractivity contribution in [2.75, 3.05) is 0 Å². The summed E-state index contributed by atoms with van der Waals surface area (Å²) in [5.74, 6) is 0.401. The van der Waals surface area contributed by atoms with E-state index < -0.39 is 0 Å². The first kappa shape index (κ1) is 13.7. The Kier molecular flexibility index (Phi) is 3.41. The second-order valence-corrected chi connectivity index (χ2v) is 5.76. The molecular weight excluding hydrogens is 245 g/mol. The van der Waals surface area contributed by atoms with Gasteiger partial charge in [-0.1, -0.05) is 32.0 Å². The number of benzene rings is 1. The van der Waals surface area contributed by atoms with Crippen LogP contribution in [0, 0.1) is 18.2 Å². The van der Waals surface area contributed by atoms with Crippen LogP contribution in [0.15, 0.2) is 22.7 Å². The molecule has 2 N–H and O–H groups in total. The first-order valence-corrected chi connectivity index (χ1v) is 6.15. The number of hydrogen-bond donors (Lipinski definition) is 1. The molecule has 5 heteroatoms. The molecule has 102 valence electrons. The van der Waals surface area contributed by atoms with Crippen molar-refractivity contribution in [2.24, 2.45) is 11.1 Å². The summed E-state index contributed by atoms with van der Waals surface area (Å²) in [7, 11) is 0. The third-order valence-electron chi connectivity index (χ3n) is 3.08. The maximum atomic E-state index is 13.3. The zero-order valence-electron chi connectivity index (χ0n) is 11.6. The summed E-state index contributed by atoms with van der Waals surface area (Å²) in [6, 6.07) is 4.13. The van der Waals surface area contributed by atoms with Gasteiger partial charge < -0.3 is 10.3 Å². The van der Waals surface area contributed by atoms with E-state index in [9.17, 15) is 4.39 Å². The van der Waals surface area contributed by atoms with Crippen molar-refractivity contribution in [1.29, 1.82) is 0 Å². The summed E-state index contributed by atoms with van der Waals surface area (Å²) in [5, 5.41) is 3.90. The molecule has 0 fully saturated rings. The molecule has 0 spiro atoms. The summed E-state index contributed by atoms with van der Waals surface area (Å²) < 4.78 is 18.5. The fourth-order valence-electron chi connectivity index (χ4n) is 1.68. The van der Waals surface area contributed by atoms with E-state index in [4.69, 9.17) is 10.3 Å². The minimum absolute atomic E-state index is 0.169. The van der Waals surface area contributed by atoms with E-state index in [0.717, 1.165) is 5.56 Å². The maximum absolute atomic E-state index is 13.3. The van der Waals surface area contributed by atoms with Gasteiger partial charge in [0.15, 0.2) is 5.82 Å². The molecule has 1 aromatic heterocycles. The highest BCUT2D eigenvalue weighted by molar-refractivity contribution is 5.58. The molecule has 0 aliphatic heterocycles. The Bertz CT molecular complexity index is 587. The molecule has 0 saturated carbocycles. The van der Waals surface area contributed by atoms with Crippen molar-refractivity contribution in [3.05, 3.63) is 35.4 Å². The van der Waals surface area contributed by atoms with Crippen molar-refractivity contribution in [1.82, 2.24) is 10.1 Å². The zero-order valence-corrected chi connectivity index (χ0v) is 11.6. The predicted octanol–water partition coefficient (Wildman–Crippen LogP) is 3.23. The third kappa shape index (κ3) is 2.81. The summed E-state index contributed by atoms with van der Waals surface area (Å²) in [6.07, 6.45) is 0. The van der Waals surface area contributed by atoms with Gasteiger partial charge in [0.05, 0.1) is 6.04 Å². The SMILES string of the molecule is Cc1ccc(F)cc1-c1nc(C(N)C(C)(C)C)no1. The fraction of sp³-hybridized carbons (Fsp3) is 0.429. The second-order valence-electron chi connectivity index (χ2n) is 5.76. The zero-order chi connectivity index (χ0) is 14.2. The van der Waals surface area contributed by atoms with Crippen LogP contribution in [0.1, 0.15) is 38.2 Å². The van der Waals surface area contributed by atoms with Crippen LogP contribution in [0.2, 0.25) is 0 Å². The Morgan fingerprint density at radius 3 is 2.63 bits per heavy atom. The van der Waals surface area contributed by atoms with Crippen LogP contribution in [0.5, 0.6) is 0 Å². The van der Waals surface area contributed by atoms with Crippen molar-refractivity contribution in [3.8, 4) is 11.5 Å². The minimum Gasteiger partial charge on any atom is -0.334 e. The number of hydrogen-bond acceptors (Lipinski definition) is 4. The first-order chi connectivity index (χ1) is 8.79. The lowest BCUT2D eigenvalue weighted by Crippen LogP contribution is -2.27. The topological polar surface area (TPSA) is 64.9 Å². The van der Waals surface area contributed by atoms with Crippen molar-refractivity contribution >= 4 is 0 Å². The van der Waals surface area contributed by atoms with Gasteiger partial charge >= 0.3 is 0 Å². The van der Waals surface area contributed by atoms with E-state index in [1.807, 2.05) is 27.7 Å². The molecule has 1 atom stereocenters. The van der Waals surface area contributed by atoms with E-state index in [1.54, 1.807) is 6.07 Å². The lowest BCUT2D eigenvalue weighted by Gasteiger charge is -2.23. The smallest absolute Gasteiger partial charge is 0.258 e. The molecule has 0 aliphatic carbocycles. The highest BCUT2D eigenvalue weighted by atomic mass is 19.1. The van der Waals surface area contributed by atoms with Gasteiger partial charge in [-0.3, -0.25) is 0 Å². The number of nitrogens with zero attached hydrogens (tertiary/aromatic N) is 2. The van der Waals surface area contributed by atoms with Crippen LogP contribution in [-0.2, 0) is 0 Å². The van der Waals surface area contributed by atoms with E-state index in [0.29, 0.717) is 17.3 Å². The van der Waals surface area contributed by atoms with E-state index >= 15 is 0 Å². The van der Waals surface area contributed by atoms with Crippen LogP contribution in [0.25, 0.3) is 11.5 Å². The largest absolute Gasteiger partial charge is 0.334 e. The highest BCUT2D eigenvalue weighted by Crippen LogP contribution is 2.30. The average molecular weight is 263 g/mol. The third-order valence-corrected chi connectivity index (χ3v) is 3.08.